The third-order valence-corrected chi connectivity index (χ3v) is 10.5. The Kier molecular flexibility index (Phi) is 12.7. The van der Waals surface area contributed by atoms with E-state index in [-0.39, 0.29) is 24.9 Å². The number of carbonyl (C=O) groups excluding carboxylic acids is 4. The van der Waals surface area contributed by atoms with E-state index in [2.05, 4.69) is 9.98 Å². The number of aryl methyl sites for hydroxylation is 2. The van der Waals surface area contributed by atoms with Gasteiger partial charge in [-0.25, -0.2) is 0 Å². The molecular weight excluding hydrogens is 671 g/mol. The van der Waals surface area contributed by atoms with E-state index in [4.69, 9.17) is 32.7 Å². The van der Waals surface area contributed by atoms with Gasteiger partial charge in [-0.2, -0.15) is 9.98 Å². The summed E-state index contributed by atoms with van der Waals surface area (Å²) in [6, 6.07) is 7.30. The largest absolute Gasteiger partial charge is 0.468 e. The number of rotatable bonds is 13. The van der Waals surface area contributed by atoms with Crippen LogP contribution in [0.4, 0.5) is 0 Å². The lowest BCUT2D eigenvalue weighted by atomic mass is 10.1. The van der Waals surface area contributed by atoms with Gasteiger partial charge >= 0.3 is 11.9 Å². The molecule has 246 valence electrons. The Bertz CT molecular complexity index is 1780. The van der Waals surface area contributed by atoms with Crippen LogP contribution in [0.3, 0.4) is 0 Å². The molecule has 0 spiro atoms. The molecule has 0 radical (unpaired) electrons. The highest BCUT2D eigenvalue weighted by atomic mass is 35.5. The molecule has 4 rings (SSSR count). The maximum atomic E-state index is 12.7. The van der Waals surface area contributed by atoms with Gasteiger partial charge in [0.05, 0.1) is 34.7 Å². The second kappa shape index (κ2) is 16.5. The van der Waals surface area contributed by atoms with E-state index < -0.39 is 11.9 Å². The highest BCUT2D eigenvalue weighted by Gasteiger charge is 2.16. The molecule has 14 heteroatoms. The number of thiazole rings is 2. The molecule has 0 aliphatic rings. The highest BCUT2D eigenvalue weighted by Crippen LogP contribution is 2.28. The zero-order chi connectivity index (χ0) is 33.4. The lowest BCUT2D eigenvalue weighted by molar-refractivity contribution is -0.142. The maximum absolute atomic E-state index is 12.7. The van der Waals surface area contributed by atoms with E-state index in [0.717, 1.165) is 57.2 Å². The summed E-state index contributed by atoms with van der Waals surface area (Å²) >= 11 is 15.3. The van der Waals surface area contributed by atoms with Gasteiger partial charge < -0.3 is 18.6 Å². The van der Waals surface area contributed by atoms with Crippen LogP contribution in [0.1, 0.15) is 62.5 Å². The third-order valence-electron chi connectivity index (χ3n) is 7.56. The summed E-state index contributed by atoms with van der Waals surface area (Å²) in [5.74, 6) is -1.37. The number of fused-ring (bicyclic) bond motifs is 2. The first-order valence-electron chi connectivity index (χ1n) is 14.9. The van der Waals surface area contributed by atoms with Crippen molar-refractivity contribution in [3.63, 3.8) is 0 Å². The van der Waals surface area contributed by atoms with Crippen molar-refractivity contribution in [3.05, 3.63) is 55.0 Å². The van der Waals surface area contributed by atoms with E-state index in [1.807, 2.05) is 26.0 Å². The minimum Gasteiger partial charge on any atom is -0.468 e. The minimum absolute atomic E-state index is 0.0638. The minimum atomic E-state index is -0.439. The number of nitrogens with zero attached hydrogens (tertiary/aromatic N) is 4. The molecule has 0 N–H and O–H groups in total. The summed E-state index contributed by atoms with van der Waals surface area (Å²) in [4.78, 5) is 59.1. The van der Waals surface area contributed by atoms with Crippen molar-refractivity contribution >= 4 is 90.1 Å². The van der Waals surface area contributed by atoms with E-state index in [0.29, 0.717) is 45.3 Å². The van der Waals surface area contributed by atoms with Crippen molar-refractivity contribution < 1.29 is 28.7 Å². The van der Waals surface area contributed by atoms with E-state index in [9.17, 15) is 19.2 Å². The van der Waals surface area contributed by atoms with Crippen molar-refractivity contribution in [3.8, 4) is 0 Å². The Labute approximate surface area is 284 Å². The van der Waals surface area contributed by atoms with Crippen LogP contribution in [0, 0.1) is 13.8 Å². The second-order valence-electron chi connectivity index (χ2n) is 10.8. The molecule has 0 aliphatic heterocycles. The highest BCUT2D eigenvalue weighted by molar-refractivity contribution is 7.16. The van der Waals surface area contributed by atoms with Crippen LogP contribution in [0.15, 0.2) is 34.3 Å². The van der Waals surface area contributed by atoms with Crippen molar-refractivity contribution in [2.75, 3.05) is 14.2 Å². The summed E-state index contributed by atoms with van der Waals surface area (Å²) in [6.45, 7) is 3.61. The lowest BCUT2D eigenvalue weighted by Gasteiger charge is -2.07. The Balaban J connectivity index is 1.27. The van der Waals surface area contributed by atoms with Gasteiger partial charge in [0, 0.05) is 22.9 Å². The van der Waals surface area contributed by atoms with Crippen LogP contribution >= 0.6 is 45.9 Å². The Morgan fingerprint density at radius 3 is 1.39 bits per heavy atom. The molecule has 0 unspecified atom stereocenters. The van der Waals surface area contributed by atoms with Gasteiger partial charge in [-0.15, -0.1) is 0 Å². The number of esters is 2. The molecule has 2 aromatic heterocycles. The first-order chi connectivity index (χ1) is 22.0. The number of ether oxygens (including phenoxy) is 2. The van der Waals surface area contributed by atoms with Crippen LogP contribution < -0.4 is 9.60 Å². The first kappa shape index (κ1) is 35.5. The van der Waals surface area contributed by atoms with E-state index >= 15 is 0 Å². The quantitative estimate of drug-likeness (QED) is 0.113. The fraction of sp³-hybridized carbons (Fsp3) is 0.438. The zero-order valence-corrected chi connectivity index (χ0v) is 29.3. The first-order valence-corrected chi connectivity index (χ1v) is 17.3. The SMILES string of the molecule is COC(=O)Cn1c(=NC(=O)CCCCCCCCC(=O)N=c2sc3ccc(Cl)c(C)c3n2CC(=O)OC)sc2ccc(Cl)c(C)c21. The van der Waals surface area contributed by atoms with Crippen molar-refractivity contribution in [2.24, 2.45) is 9.98 Å². The zero-order valence-electron chi connectivity index (χ0n) is 26.2. The number of methoxy groups -OCH3 is 2. The molecular formula is C32H36Cl2N4O6S2. The predicted octanol–water partition coefficient (Wildman–Crippen LogP) is 6.66. The molecule has 0 aliphatic carbocycles. The van der Waals surface area contributed by atoms with Crippen molar-refractivity contribution in [2.45, 2.75) is 78.3 Å². The maximum Gasteiger partial charge on any atom is 0.325 e. The van der Waals surface area contributed by atoms with Crippen molar-refractivity contribution in [1.82, 2.24) is 9.13 Å². The van der Waals surface area contributed by atoms with E-state index in [1.54, 1.807) is 21.3 Å². The average molecular weight is 708 g/mol. The smallest absolute Gasteiger partial charge is 0.325 e. The molecule has 46 heavy (non-hydrogen) atoms. The normalized spacial score (nSPS) is 12.3. The molecule has 0 bridgehead atoms. The number of carbonyl (C=O) groups is 4. The molecule has 2 heterocycles. The summed E-state index contributed by atoms with van der Waals surface area (Å²) < 4.78 is 14.8. The topological polar surface area (TPSA) is 121 Å². The van der Waals surface area contributed by atoms with E-state index in [1.165, 1.54) is 36.9 Å². The standard InChI is InChI=1S/C32H36Cl2N4O6S2/c1-19-21(33)13-15-23-29(19)37(17-27(41)43-3)31(45-23)35-25(39)11-9-7-5-6-8-10-12-26(40)36-32-38(18-28(42)44-4)30-20(2)22(34)14-16-24(30)46-32/h13-16H,5-12,17-18H2,1-4H3. The number of halogens is 2. The van der Waals surface area contributed by atoms with Crippen LogP contribution in [0.5, 0.6) is 0 Å². The average Bonchev–Trinajstić information content (AvgIpc) is 3.55. The number of aromatic nitrogens is 2. The molecule has 2 aromatic carbocycles. The molecule has 2 amide bonds. The lowest BCUT2D eigenvalue weighted by Crippen LogP contribution is -2.22. The Morgan fingerprint density at radius 1 is 0.652 bits per heavy atom. The summed E-state index contributed by atoms with van der Waals surface area (Å²) in [5, 5.41) is 1.14. The second-order valence-corrected chi connectivity index (χ2v) is 13.6. The van der Waals surface area contributed by atoms with Gasteiger partial charge in [-0.05, 0) is 62.1 Å². The third kappa shape index (κ3) is 8.72. The van der Waals surface area contributed by atoms with Crippen LogP contribution in [0.25, 0.3) is 20.4 Å². The summed E-state index contributed by atoms with van der Waals surface area (Å²) in [6.07, 6.45) is 5.57. The molecule has 0 atom stereocenters. The van der Waals surface area contributed by atoms with Gasteiger partial charge in [0.15, 0.2) is 9.60 Å². The van der Waals surface area contributed by atoms with Gasteiger partial charge in [-0.1, -0.05) is 71.6 Å². The Hall–Kier alpha value is -3.32. The molecule has 0 fully saturated rings. The van der Waals surface area contributed by atoms with Gasteiger partial charge in [0.25, 0.3) is 0 Å². The van der Waals surface area contributed by atoms with Crippen LogP contribution in [-0.2, 0) is 41.7 Å². The fourth-order valence-electron chi connectivity index (χ4n) is 5.07. The molecule has 0 saturated heterocycles. The molecule has 4 aromatic rings. The van der Waals surface area contributed by atoms with Crippen molar-refractivity contribution in [1.29, 1.82) is 0 Å². The summed E-state index contributed by atoms with van der Waals surface area (Å²) in [5.41, 5.74) is 3.16. The fourth-order valence-corrected chi connectivity index (χ4v) is 7.58. The molecule has 0 saturated carbocycles. The van der Waals surface area contributed by atoms with Crippen LogP contribution in [0.2, 0.25) is 10.0 Å². The number of unbranched alkanes of at least 4 members (excludes halogenated alkanes) is 5. The summed E-state index contributed by atoms with van der Waals surface area (Å²) in [7, 11) is 2.64. The van der Waals surface area contributed by atoms with Gasteiger partial charge in [-0.3, -0.25) is 19.2 Å². The number of benzene rings is 2. The monoisotopic (exact) mass is 706 g/mol. The molecule has 10 nitrogen and oxygen atoms in total. The predicted molar refractivity (Wildman–Crippen MR) is 181 cm³/mol. The van der Waals surface area contributed by atoms with Gasteiger partial charge in [0.1, 0.15) is 13.1 Å². The van der Waals surface area contributed by atoms with Gasteiger partial charge in [0.2, 0.25) is 11.8 Å². The number of amides is 2. The Morgan fingerprint density at radius 2 is 1.02 bits per heavy atom. The number of hydrogen-bond donors (Lipinski definition) is 0. The number of hydrogen-bond acceptors (Lipinski definition) is 8. The van der Waals surface area contributed by atoms with Crippen LogP contribution in [-0.4, -0.2) is 47.1 Å².